The van der Waals surface area contributed by atoms with Crippen molar-refractivity contribution in [1.82, 2.24) is 9.97 Å². The Hall–Kier alpha value is -1.19. The Balaban J connectivity index is 2.74. The highest BCUT2D eigenvalue weighted by atomic mass is 19.1. The Labute approximate surface area is 96.7 Å². The third-order valence-corrected chi connectivity index (χ3v) is 2.96. The molecule has 1 heterocycles. The normalized spacial score (nSPS) is 10.8. The highest BCUT2D eigenvalue weighted by molar-refractivity contribution is 5.36. The molecule has 0 saturated carbocycles. The predicted molar refractivity (Wildman–Crippen MR) is 63.9 cm³/mol. The Bertz CT molecular complexity index is 313. The molecule has 0 bridgehead atoms. The zero-order valence-electron chi connectivity index (χ0n) is 10.3. The van der Waals surface area contributed by atoms with Crippen molar-refractivity contribution in [2.75, 3.05) is 18.0 Å². The molecule has 0 N–H and O–H groups in total. The van der Waals surface area contributed by atoms with Gasteiger partial charge in [0.2, 0.25) is 5.95 Å². The number of aromatic nitrogens is 2. The van der Waals surface area contributed by atoms with Crippen molar-refractivity contribution in [3.8, 4) is 0 Å². The highest BCUT2D eigenvalue weighted by Gasteiger charge is 2.12. The summed E-state index contributed by atoms with van der Waals surface area (Å²) in [5, 5.41) is 0. The summed E-state index contributed by atoms with van der Waals surface area (Å²) >= 11 is 0. The SMILES string of the molecule is CCC(CC)CN(CC)c1cc(F)ncn1. The van der Waals surface area contributed by atoms with Crippen LogP contribution in [0.25, 0.3) is 0 Å². The van der Waals surface area contributed by atoms with Crippen LogP contribution in [-0.2, 0) is 0 Å². The minimum absolute atomic E-state index is 0.465. The maximum atomic E-state index is 13.0. The van der Waals surface area contributed by atoms with Gasteiger partial charge in [0.25, 0.3) is 0 Å². The monoisotopic (exact) mass is 225 g/mol. The van der Waals surface area contributed by atoms with Crippen molar-refractivity contribution in [1.29, 1.82) is 0 Å². The standard InChI is InChI=1S/C12H20FN3/c1-4-10(5-2)8-16(6-3)12-7-11(13)14-9-15-12/h7,9-10H,4-6,8H2,1-3H3. The molecule has 0 saturated heterocycles. The van der Waals surface area contributed by atoms with Crippen molar-refractivity contribution in [3.63, 3.8) is 0 Å². The van der Waals surface area contributed by atoms with Gasteiger partial charge >= 0.3 is 0 Å². The fourth-order valence-corrected chi connectivity index (χ4v) is 1.74. The molecule has 0 radical (unpaired) electrons. The van der Waals surface area contributed by atoms with Crippen LogP contribution in [0.3, 0.4) is 0 Å². The Kier molecular flexibility index (Phi) is 5.15. The molecule has 4 heteroatoms. The lowest BCUT2D eigenvalue weighted by Gasteiger charge is -2.26. The van der Waals surface area contributed by atoms with Gasteiger partial charge in [0.05, 0.1) is 0 Å². The lowest BCUT2D eigenvalue weighted by Crippen LogP contribution is -2.29. The zero-order chi connectivity index (χ0) is 12.0. The van der Waals surface area contributed by atoms with Crippen LogP contribution in [0.4, 0.5) is 10.2 Å². The van der Waals surface area contributed by atoms with E-state index in [1.54, 1.807) is 0 Å². The summed E-state index contributed by atoms with van der Waals surface area (Å²) in [6.45, 7) is 8.19. The van der Waals surface area contributed by atoms with E-state index in [-0.39, 0.29) is 0 Å². The third-order valence-electron chi connectivity index (χ3n) is 2.96. The van der Waals surface area contributed by atoms with E-state index >= 15 is 0 Å². The molecular weight excluding hydrogens is 205 g/mol. The van der Waals surface area contributed by atoms with Crippen molar-refractivity contribution in [3.05, 3.63) is 18.3 Å². The van der Waals surface area contributed by atoms with Crippen molar-refractivity contribution < 1.29 is 4.39 Å². The molecule has 0 spiro atoms. The quantitative estimate of drug-likeness (QED) is 0.697. The second kappa shape index (κ2) is 6.40. The molecule has 90 valence electrons. The van der Waals surface area contributed by atoms with E-state index in [2.05, 4.69) is 35.6 Å². The second-order valence-electron chi connectivity index (χ2n) is 3.92. The Morgan fingerprint density at radius 2 is 1.94 bits per heavy atom. The average molecular weight is 225 g/mol. The number of halogens is 1. The molecule has 0 fully saturated rings. The van der Waals surface area contributed by atoms with Crippen molar-refractivity contribution in [2.45, 2.75) is 33.6 Å². The fourth-order valence-electron chi connectivity index (χ4n) is 1.74. The van der Waals surface area contributed by atoms with Crippen LogP contribution in [0.2, 0.25) is 0 Å². The lowest BCUT2D eigenvalue weighted by molar-refractivity contribution is 0.483. The number of nitrogens with zero attached hydrogens (tertiary/aromatic N) is 3. The largest absolute Gasteiger partial charge is 0.356 e. The van der Waals surface area contributed by atoms with Gasteiger partial charge in [-0.3, -0.25) is 0 Å². The first-order chi connectivity index (χ1) is 7.71. The number of hydrogen-bond acceptors (Lipinski definition) is 3. The second-order valence-corrected chi connectivity index (χ2v) is 3.92. The summed E-state index contributed by atoms with van der Waals surface area (Å²) in [7, 11) is 0. The molecule has 0 aliphatic heterocycles. The third kappa shape index (κ3) is 3.43. The molecule has 0 aromatic carbocycles. The van der Waals surface area contributed by atoms with Gasteiger partial charge in [-0.1, -0.05) is 26.7 Å². The van der Waals surface area contributed by atoms with Crippen LogP contribution in [0.1, 0.15) is 33.6 Å². The fraction of sp³-hybridized carbons (Fsp3) is 0.667. The van der Waals surface area contributed by atoms with Crippen LogP contribution >= 0.6 is 0 Å². The van der Waals surface area contributed by atoms with Crippen LogP contribution in [-0.4, -0.2) is 23.1 Å². The summed E-state index contributed by atoms with van der Waals surface area (Å²) in [6, 6.07) is 1.39. The van der Waals surface area contributed by atoms with Gasteiger partial charge in [-0.2, -0.15) is 4.39 Å². The molecule has 1 aromatic rings. The average Bonchev–Trinajstić information content (AvgIpc) is 2.31. The molecular formula is C12H20FN3. The maximum Gasteiger partial charge on any atom is 0.218 e. The molecule has 0 amide bonds. The van der Waals surface area contributed by atoms with E-state index < -0.39 is 5.95 Å². The number of hydrogen-bond donors (Lipinski definition) is 0. The molecule has 0 aliphatic rings. The van der Waals surface area contributed by atoms with Crippen LogP contribution < -0.4 is 4.90 Å². The highest BCUT2D eigenvalue weighted by Crippen LogP contribution is 2.16. The molecule has 16 heavy (non-hydrogen) atoms. The first-order valence-electron chi connectivity index (χ1n) is 5.93. The topological polar surface area (TPSA) is 29.0 Å². The molecule has 1 aromatic heterocycles. The van der Waals surface area contributed by atoms with Gasteiger partial charge in [-0.25, -0.2) is 9.97 Å². The van der Waals surface area contributed by atoms with Crippen LogP contribution in [0.5, 0.6) is 0 Å². The van der Waals surface area contributed by atoms with E-state index in [1.165, 1.54) is 12.4 Å². The Morgan fingerprint density at radius 3 is 2.44 bits per heavy atom. The smallest absolute Gasteiger partial charge is 0.218 e. The van der Waals surface area contributed by atoms with Crippen molar-refractivity contribution in [2.24, 2.45) is 5.92 Å². The van der Waals surface area contributed by atoms with Crippen LogP contribution in [0, 0.1) is 11.9 Å². The minimum Gasteiger partial charge on any atom is -0.356 e. The Morgan fingerprint density at radius 1 is 1.25 bits per heavy atom. The summed E-state index contributed by atoms with van der Waals surface area (Å²) in [5.41, 5.74) is 0. The zero-order valence-corrected chi connectivity index (χ0v) is 10.3. The summed E-state index contributed by atoms with van der Waals surface area (Å²) < 4.78 is 13.0. The van der Waals surface area contributed by atoms with Gasteiger partial charge < -0.3 is 4.90 Å². The van der Waals surface area contributed by atoms with E-state index in [4.69, 9.17) is 0 Å². The molecule has 0 aliphatic carbocycles. The minimum atomic E-state index is -0.465. The van der Waals surface area contributed by atoms with Gasteiger partial charge in [-0.15, -0.1) is 0 Å². The summed E-state index contributed by atoms with van der Waals surface area (Å²) in [6.07, 6.45) is 3.56. The first kappa shape index (κ1) is 12.9. The molecule has 0 unspecified atom stereocenters. The van der Waals surface area contributed by atoms with Gasteiger partial charge in [0, 0.05) is 19.2 Å². The number of rotatable bonds is 6. The summed E-state index contributed by atoms with van der Waals surface area (Å²) in [4.78, 5) is 9.68. The molecule has 3 nitrogen and oxygen atoms in total. The van der Waals surface area contributed by atoms with E-state index in [0.29, 0.717) is 11.7 Å². The van der Waals surface area contributed by atoms with Gasteiger partial charge in [0.15, 0.2) is 0 Å². The predicted octanol–water partition coefficient (Wildman–Crippen LogP) is 2.88. The van der Waals surface area contributed by atoms with Crippen molar-refractivity contribution >= 4 is 5.82 Å². The van der Waals surface area contributed by atoms with Gasteiger partial charge in [0.1, 0.15) is 12.1 Å². The summed E-state index contributed by atoms with van der Waals surface area (Å²) in [5.74, 6) is 0.855. The number of anilines is 1. The van der Waals surface area contributed by atoms with E-state index in [9.17, 15) is 4.39 Å². The first-order valence-corrected chi connectivity index (χ1v) is 5.93. The van der Waals surface area contributed by atoms with E-state index in [0.717, 1.165) is 25.9 Å². The lowest BCUT2D eigenvalue weighted by atomic mass is 10.0. The molecule has 1 rings (SSSR count). The van der Waals surface area contributed by atoms with Crippen LogP contribution in [0.15, 0.2) is 12.4 Å². The van der Waals surface area contributed by atoms with E-state index in [1.807, 2.05) is 0 Å². The molecule has 0 atom stereocenters. The maximum absolute atomic E-state index is 13.0. The van der Waals surface area contributed by atoms with Gasteiger partial charge in [-0.05, 0) is 12.8 Å².